The van der Waals surface area contributed by atoms with E-state index in [1.54, 1.807) is 12.3 Å². The van der Waals surface area contributed by atoms with Crippen LogP contribution in [0.4, 0.5) is 5.82 Å². The normalized spacial score (nSPS) is 10.5. The van der Waals surface area contributed by atoms with E-state index < -0.39 is 0 Å². The van der Waals surface area contributed by atoms with Crippen LogP contribution in [0, 0.1) is 6.92 Å². The average Bonchev–Trinajstić information content (AvgIpc) is 2.63. The van der Waals surface area contributed by atoms with Crippen LogP contribution in [0.5, 0.6) is 0 Å². The van der Waals surface area contributed by atoms with E-state index in [0.29, 0.717) is 5.82 Å². The van der Waals surface area contributed by atoms with E-state index in [4.69, 9.17) is 5.73 Å². The van der Waals surface area contributed by atoms with E-state index in [2.05, 4.69) is 15.0 Å². The first-order valence-corrected chi connectivity index (χ1v) is 4.84. The summed E-state index contributed by atoms with van der Waals surface area (Å²) in [5.74, 6) is 2.90. The number of nitrogens with zero attached hydrogens (tertiary/aromatic N) is 4. The molecule has 5 heteroatoms. The number of rotatable bonds is 2. The van der Waals surface area contributed by atoms with Crippen molar-refractivity contribution in [3.8, 4) is 5.82 Å². The minimum absolute atomic E-state index is 0.491. The summed E-state index contributed by atoms with van der Waals surface area (Å²) in [4.78, 5) is 12.7. The Bertz CT molecular complexity index is 474. The molecule has 15 heavy (non-hydrogen) atoms. The Morgan fingerprint density at radius 2 is 2.20 bits per heavy atom. The number of hydrogen-bond donors (Lipinski definition) is 1. The van der Waals surface area contributed by atoms with Gasteiger partial charge in [-0.3, -0.25) is 4.57 Å². The highest BCUT2D eigenvalue weighted by atomic mass is 15.1. The van der Waals surface area contributed by atoms with Crippen LogP contribution in [0.2, 0.25) is 0 Å². The minimum Gasteiger partial charge on any atom is -0.384 e. The summed E-state index contributed by atoms with van der Waals surface area (Å²) in [6.07, 6.45) is 4.36. The molecular weight excluding hydrogens is 190 g/mol. The maximum absolute atomic E-state index is 5.71. The molecule has 0 aliphatic heterocycles. The smallest absolute Gasteiger partial charge is 0.143 e. The third kappa shape index (κ3) is 1.81. The van der Waals surface area contributed by atoms with Gasteiger partial charge in [-0.15, -0.1) is 0 Å². The zero-order valence-corrected chi connectivity index (χ0v) is 8.81. The summed E-state index contributed by atoms with van der Waals surface area (Å²) in [7, 11) is 0. The topological polar surface area (TPSA) is 69.6 Å². The summed E-state index contributed by atoms with van der Waals surface area (Å²) >= 11 is 0. The van der Waals surface area contributed by atoms with Crippen LogP contribution in [-0.2, 0) is 6.42 Å². The van der Waals surface area contributed by atoms with Gasteiger partial charge >= 0.3 is 0 Å². The molecule has 0 amide bonds. The molecule has 0 radical (unpaired) electrons. The molecule has 2 aromatic rings. The number of imidazole rings is 1. The van der Waals surface area contributed by atoms with Gasteiger partial charge in [-0.1, -0.05) is 6.92 Å². The molecular formula is C10H13N5. The van der Waals surface area contributed by atoms with E-state index in [1.807, 2.05) is 24.6 Å². The summed E-state index contributed by atoms with van der Waals surface area (Å²) in [5, 5.41) is 0. The maximum Gasteiger partial charge on any atom is 0.143 e. The minimum atomic E-state index is 0.491. The van der Waals surface area contributed by atoms with Crippen molar-refractivity contribution in [2.75, 3.05) is 5.73 Å². The Kier molecular flexibility index (Phi) is 2.37. The van der Waals surface area contributed by atoms with Crippen molar-refractivity contribution in [2.45, 2.75) is 20.3 Å². The zero-order chi connectivity index (χ0) is 10.8. The van der Waals surface area contributed by atoms with Crippen molar-refractivity contribution in [1.29, 1.82) is 0 Å². The predicted molar refractivity (Wildman–Crippen MR) is 57.7 cm³/mol. The number of hydrogen-bond acceptors (Lipinski definition) is 4. The zero-order valence-electron chi connectivity index (χ0n) is 8.81. The average molecular weight is 203 g/mol. The third-order valence-electron chi connectivity index (χ3n) is 2.17. The summed E-state index contributed by atoms with van der Waals surface area (Å²) in [6.45, 7) is 3.92. The monoisotopic (exact) mass is 203 g/mol. The van der Waals surface area contributed by atoms with Crippen LogP contribution in [0.25, 0.3) is 5.82 Å². The molecule has 0 aliphatic carbocycles. The highest BCUT2D eigenvalue weighted by Crippen LogP contribution is 2.10. The summed E-state index contributed by atoms with van der Waals surface area (Å²) in [5.41, 5.74) is 5.71. The van der Waals surface area contributed by atoms with Gasteiger partial charge in [0.2, 0.25) is 0 Å². The van der Waals surface area contributed by atoms with Gasteiger partial charge in [-0.25, -0.2) is 15.0 Å². The number of aromatic nitrogens is 4. The van der Waals surface area contributed by atoms with Gasteiger partial charge in [0.05, 0.1) is 0 Å². The molecule has 2 aromatic heterocycles. The third-order valence-corrected chi connectivity index (χ3v) is 2.17. The Morgan fingerprint density at radius 3 is 2.80 bits per heavy atom. The summed E-state index contributed by atoms with van der Waals surface area (Å²) in [6, 6.07) is 1.74. The highest BCUT2D eigenvalue weighted by Gasteiger charge is 2.05. The highest BCUT2D eigenvalue weighted by molar-refractivity contribution is 5.38. The molecule has 2 heterocycles. The fourth-order valence-electron chi connectivity index (χ4n) is 1.40. The van der Waals surface area contributed by atoms with Crippen molar-refractivity contribution < 1.29 is 0 Å². The number of aryl methyl sites for hydroxylation is 2. The van der Waals surface area contributed by atoms with Gasteiger partial charge in [0.1, 0.15) is 23.3 Å². The Labute approximate surface area is 88.0 Å². The van der Waals surface area contributed by atoms with E-state index in [0.717, 1.165) is 23.9 Å². The molecule has 0 saturated carbocycles. The van der Waals surface area contributed by atoms with Crippen LogP contribution in [0.3, 0.4) is 0 Å². The second-order valence-corrected chi connectivity index (χ2v) is 3.27. The lowest BCUT2D eigenvalue weighted by Gasteiger charge is -2.06. The molecule has 5 nitrogen and oxygen atoms in total. The van der Waals surface area contributed by atoms with Crippen LogP contribution in [0.1, 0.15) is 18.6 Å². The molecule has 0 saturated heterocycles. The van der Waals surface area contributed by atoms with E-state index in [-0.39, 0.29) is 0 Å². The summed E-state index contributed by atoms with van der Waals surface area (Å²) < 4.78 is 1.89. The number of nitrogens with two attached hydrogens (primary N) is 1. The van der Waals surface area contributed by atoms with Gasteiger partial charge in [0.15, 0.2) is 0 Å². The molecule has 0 aliphatic rings. The largest absolute Gasteiger partial charge is 0.384 e. The molecule has 0 spiro atoms. The van der Waals surface area contributed by atoms with Crippen molar-refractivity contribution >= 4 is 5.82 Å². The quantitative estimate of drug-likeness (QED) is 0.793. The molecule has 2 rings (SSSR count). The lowest BCUT2D eigenvalue weighted by Crippen LogP contribution is -2.05. The van der Waals surface area contributed by atoms with E-state index in [1.165, 1.54) is 0 Å². The lowest BCUT2D eigenvalue weighted by molar-refractivity contribution is 0.870. The van der Waals surface area contributed by atoms with Gasteiger partial charge in [-0.2, -0.15) is 0 Å². The fourth-order valence-corrected chi connectivity index (χ4v) is 1.40. The van der Waals surface area contributed by atoms with Crippen LogP contribution in [0.15, 0.2) is 18.5 Å². The Hall–Kier alpha value is -1.91. The van der Waals surface area contributed by atoms with Crippen molar-refractivity contribution in [1.82, 2.24) is 19.5 Å². The van der Waals surface area contributed by atoms with Crippen LogP contribution in [-0.4, -0.2) is 19.5 Å². The number of nitrogen functional groups attached to an aromatic ring is 1. The second-order valence-electron chi connectivity index (χ2n) is 3.27. The molecule has 0 bridgehead atoms. The molecule has 0 aromatic carbocycles. The standard InChI is InChI=1S/C10H13N5/c1-3-9-13-8(11)6-10(14-9)15-5-4-12-7(15)2/h4-6H,3H2,1-2H3,(H2,11,13,14). The van der Waals surface area contributed by atoms with Crippen molar-refractivity contribution in [3.63, 3.8) is 0 Å². The molecule has 78 valence electrons. The first-order chi connectivity index (χ1) is 7.20. The van der Waals surface area contributed by atoms with Crippen LogP contribution < -0.4 is 5.73 Å². The first-order valence-electron chi connectivity index (χ1n) is 4.84. The van der Waals surface area contributed by atoms with Crippen LogP contribution >= 0.6 is 0 Å². The molecule has 0 unspecified atom stereocenters. The predicted octanol–water partition coefficient (Wildman–Crippen LogP) is 1.12. The first kappa shape index (κ1) is 9.64. The van der Waals surface area contributed by atoms with Crippen molar-refractivity contribution in [2.24, 2.45) is 0 Å². The molecule has 0 atom stereocenters. The fraction of sp³-hybridized carbons (Fsp3) is 0.300. The SMILES string of the molecule is CCc1nc(N)cc(-n2ccnc2C)n1. The Balaban J connectivity index is 2.53. The van der Waals surface area contributed by atoms with Gasteiger partial charge in [-0.05, 0) is 6.92 Å². The molecule has 0 fully saturated rings. The second kappa shape index (κ2) is 3.68. The van der Waals surface area contributed by atoms with Gasteiger partial charge in [0, 0.05) is 24.9 Å². The van der Waals surface area contributed by atoms with Gasteiger partial charge < -0.3 is 5.73 Å². The maximum atomic E-state index is 5.71. The van der Waals surface area contributed by atoms with Crippen molar-refractivity contribution in [3.05, 3.63) is 30.1 Å². The Morgan fingerprint density at radius 1 is 1.40 bits per heavy atom. The lowest BCUT2D eigenvalue weighted by atomic mass is 10.4. The van der Waals surface area contributed by atoms with E-state index in [9.17, 15) is 0 Å². The van der Waals surface area contributed by atoms with E-state index >= 15 is 0 Å². The molecule has 2 N–H and O–H groups in total. The van der Waals surface area contributed by atoms with Gasteiger partial charge in [0.25, 0.3) is 0 Å². The number of anilines is 1.